The average Bonchev–Trinajstić information content (AvgIpc) is 2.63. The lowest BCUT2D eigenvalue weighted by molar-refractivity contribution is -0.123. The number of amides is 2. The van der Waals surface area contributed by atoms with Gasteiger partial charge in [0.2, 0.25) is 11.8 Å². The van der Waals surface area contributed by atoms with Crippen LogP contribution in [0.15, 0.2) is 40.9 Å². The summed E-state index contributed by atoms with van der Waals surface area (Å²) in [4.78, 5) is 24.0. The molecule has 0 spiro atoms. The number of benzene rings is 2. The highest BCUT2D eigenvalue weighted by molar-refractivity contribution is 9.10. The Morgan fingerprint density at radius 3 is 2.58 bits per heavy atom. The van der Waals surface area contributed by atoms with Crippen LogP contribution in [0.5, 0.6) is 11.5 Å². The molecule has 26 heavy (non-hydrogen) atoms. The molecule has 2 aromatic carbocycles. The number of ether oxygens (including phenoxy) is 2. The Balaban J connectivity index is 1.49. The first-order valence-corrected chi connectivity index (χ1v) is 9.02. The van der Waals surface area contributed by atoms with E-state index in [9.17, 15) is 9.59 Å². The molecule has 1 aliphatic rings. The maximum absolute atomic E-state index is 12.1. The van der Waals surface area contributed by atoms with E-state index in [1.54, 1.807) is 18.2 Å². The lowest BCUT2D eigenvalue weighted by Gasteiger charge is -2.18. The van der Waals surface area contributed by atoms with E-state index in [2.05, 4.69) is 26.6 Å². The molecule has 7 heteroatoms. The van der Waals surface area contributed by atoms with E-state index in [1.807, 2.05) is 25.1 Å². The smallest absolute Gasteiger partial charge is 0.243 e. The van der Waals surface area contributed by atoms with Crippen molar-refractivity contribution >= 4 is 33.4 Å². The third kappa shape index (κ3) is 4.76. The van der Waals surface area contributed by atoms with E-state index in [0.717, 1.165) is 15.6 Å². The number of fused-ring (bicyclic) bond motifs is 1. The van der Waals surface area contributed by atoms with Gasteiger partial charge in [-0.1, -0.05) is 22.0 Å². The van der Waals surface area contributed by atoms with E-state index in [0.29, 0.717) is 30.4 Å². The minimum Gasteiger partial charge on any atom is -0.486 e. The van der Waals surface area contributed by atoms with Gasteiger partial charge in [-0.15, -0.1) is 0 Å². The van der Waals surface area contributed by atoms with E-state index in [-0.39, 0.29) is 24.8 Å². The molecule has 136 valence electrons. The van der Waals surface area contributed by atoms with Crippen LogP contribution in [0.25, 0.3) is 0 Å². The molecule has 0 aliphatic carbocycles. The maximum Gasteiger partial charge on any atom is 0.243 e. The highest BCUT2D eigenvalue weighted by atomic mass is 79.9. The SMILES string of the molecule is Cc1cc(NC(=O)CNC(=O)Cc2ccc3c(c2)OCCO3)ccc1Br. The first-order chi connectivity index (χ1) is 12.5. The molecule has 2 N–H and O–H groups in total. The number of rotatable bonds is 5. The van der Waals surface area contributed by atoms with Gasteiger partial charge in [-0.25, -0.2) is 0 Å². The monoisotopic (exact) mass is 418 g/mol. The molecule has 2 amide bonds. The zero-order valence-corrected chi connectivity index (χ0v) is 15.9. The molecule has 0 fully saturated rings. The van der Waals surface area contributed by atoms with Crippen molar-refractivity contribution in [2.24, 2.45) is 0 Å². The molecular formula is C19H19BrN2O4. The molecule has 2 aromatic rings. The maximum atomic E-state index is 12.1. The van der Waals surface area contributed by atoms with Crippen LogP contribution in [0.1, 0.15) is 11.1 Å². The van der Waals surface area contributed by atoms with Crippen molar-refractivity contribution in [3.8, 4) is 11.5 Å². The Labute approximate surface area is 160 Å². The first kappa shape index (κ1) is 18.3. The molecule has 0 aromatic heterocycles. The number of nitrogens with one attached hydrogen (secondary N) is 2. The standard InChI is InChI=1S/C19H19BrN2O4/c1-12-8-14(3-4-15(12)20)22-19(24)11-21-18(23)10-13-2-5-16-17(9-13)26-7-6-25-16/h2-5,8-9H,6-7,10-11H2,1H3,(H,21,23)(H,22,24). The molecule has 1 heterocycles. The third-order valence-electron chi connectivity index (χ3n) is 3.86. The molecular weight excluding hydrogens is 400 g/mol. The molecule has 6 nitrogen and oxygen atoms in total. The highest BCUT2D eigenvalue weighted by Gasteiger charge is 2.13. The normalized spacial score (nSPS) is 12.4. The van der Waals surface area contributed by atoms with Gasteiger partial charge in [-0.3, -0.25) is 9.59 Å². The van der Waals surface area contributed by atoms with Crippen molar-refractivity contribution in [2.75, 3.05) is 25.1 Å². The number of halogens is 1. The van der Waals surface area contributed by atoms with Crippen LogP contribution < -0.4 is 20.1 Å². The Morgan fingerprint density at radius 2 is 1.81 bits per heavy atom. The second-order valence-electron chi connectivity index (χ2n) is 5.94. The van der Waals surface area contributed by atoms with E-state index in [4.69, 9.17) is 9.47 Å². The molecule has 0 unspecified atom stereocenters. The average molecular weight is 419 g/mol. The summed E-state index contributed by atoms with van der Waals surface area (Å²) in [5.74, 6) is 0.820. The molecule has 0 bridgehead atoms. The van der Waals surface area contributed by atoms with Crippen molar-refractivity contribution in [1.29, 1.82) is 0 Å². The van der Waals surface area contributed by atoms with Gasteiger partial charge >= 0.3 is 0 Å². The second kappa shape index (κ2) is 8.23. The lowest BCUT2D eigenvalue weighted by Crippen LogP contribution is -2.33. The summed E-state index contributed by atoms with van der Waals surface area (Å²) in [6, 6.07) is 10.9. The van der Waals surface area contributed by atoms with E-state index in [1.165, 1.54) is 0 Å². The van der Waals surface area contributed by atoms with Crippen molar-refractivity contribution < 1.29 is 19.1 Å². The van der Waals surface area contributed by atoms with Crippen LogP contribution in [0, 0.1) is 6.92 Å². The number of carbonyl (C=O) groups is 2. The van der Waals surface area contributed by atoms with Crippen molar-refractivity contribution in [2.45, 2.75) is 13.3 Å². The van der Waals surface area contributed by atoms with Crippen LogP contribution in [-0.2, 0) is 16.0 Å². The van der Waals surface area contributed by atoms with Gasteiger partial charge in [0.1, 0.15) is 13.2 Å². The molecule has 0 saturated heterocycles. The number of carbonyl (C=O) groups excluding carboxylic acids is 2. The topological polar surface area (TPSA) is 76.7 Å². The van der Waals surface area contributed by atoms with Gasteiger partial charge in [-0.05, 0) is 48.4 Å². The van der Waals surface area contributed by atoms with Crippen LogP contribution in [0.3, 0.4) is 0 Å². The Hall–Kier alpha value is -2.54. The van der Waals surface area contributed by atoms with E-state index >= 15 is 0 Å². The Kier molecular flexibility index (Phi) is 5.78. The Bertz CT molecular complexity index is 838. The van der Waals surface area contributed by atoms with Gasteiger partial charge in [0.05, 0.1) is 13.0 Å². The van der Waals surface area contributed by atoms with Gasteiger partial charge in [0.25, 0.3) is 0 Å². The summed E-state index contributed by atoms with van der Waals surface area (Å²) in [5.41, 5.74) is 2.51. The fourth-order valence-corrected chi connectivity index (χ4v) is 2.80. The largest absolute Gasteiger partial charge is 0.486 e. The fraction of sp³-hybridized carbons (Fsp3) is 0.263. The summed E-state index contributed by atoms with van der Waals surface area (Å²) in [6.45, 7) is 2.88. The number of aryl methyl sites for hydroxylation is 1. The predicted octanol–water partition coefficient (Wildman–Crippen LogP) is 2.83. The number of anilines is 1. The summed E-state index contributed by atoms with van der Waals surface area (Å²) in [7, 11) is 0. The first-order valence-electron chi connectivity index (χ1n) is 8.22. The lowest BCUT2D eigenvalue weighted by atomic mass is 10.1. The summed E-state index contributed by atoms with van der Waals surface area (Å²) < 4.78 is 11.9. The molecule has 3 rings (SSSR count). The van der Waals surface area contributed by atoms with E-state index < -0.39 is 0 Å². The minimum atomic E-state index is -0.276. The quantitative estimate of drug-likeness (QED) is 0.782. The van der Waals surface area contributed by atoms with Crippen molar-refractivity contribution in [3.05, 3.63) is 52.0 Å². The third-order valence-corrected chi connectivity index (χ3v) is 4.75. The Morgan fingerprint density at radius 1 is 1.04 bits per heavy atom. The van der Waals surface area contributed by atoms with Crippen LogP contribution in [0.2, 0.25) is 0 Å². The predicted molar refractivity (Wildman–Crippen MR) is 102 cm³/mol. The number of hydrogen-bond acceptors (Lipinski definition) is 4. The van der Waals surface area contributed by atoms with Crippen LogP contribution in [-0.4, -0.2) is 31.6 Å². The molecule has 0 radical (unpaired) electrons. The minimum absolute atomic E-state index is 0.0848. The van der Waals surface area contributed by atoms with Crippen molar-refractivity contribution in [1.82, 2.24) is 5.32 Å². The second-order valence-corrected chi connectivity index (χ2v) is 6.80. The number of hydrogen-bond donors (Lipinski definition) is 2. The van der Waals surface area contributed by atoms with Crippen molar-refractivity contribution in [3.63, 3.8) is 0 Å². The van der Waals surface area contributed by atoms with Crippen LogP contribution >= 0.6 is 15.9 Å². The zero-order valence-electron chi connectivity index (χ0n) is 14.3. The summed E-state index contributed by atoms with van der Waals surface area (Å²) in [5, 5.41) is 5.38. The van der Waals surface area contributed by atoms with Gasteiger partial charge in [0.15, 0.2) is 11.5 Å². The van der Waals surface area contributed by atoms with Crippen LogP contribution in [0.4, 0.5) is 5.69 Å². The fourth-order valence-electron chi connectivity index (χ4n) is 2.55. The van der Waals surface area contributed by atoms with Gasteiger partial charge in [0, 0.05) is 10.2 Å². The molecule has 0 atom stereocenters. The summed E-state index contributed by atoms with van der Waals surface area (Å²) >= 11 is 3.41. The zero-order chi connectivity index (χ0) is 18.5. The highest BCUT2D eigenvalue weighted by Crippen LogP contribution is 2.30. The molecule has 0 saturated carbocycles. The summed E-state index contributed by atoms with van der Waals surface area (Å²) in [6.07, 6.45) is 0.168. The van der Waals surface area contributed by atoms with Gasteiger partial charge in [-0.2, -0.15) is 0 Å². The molecule has 1 aliphatic heterocycles. The van der Waals surface area contributed by atoms with Gasteiger partial charge < -0.3 is 20.1 Å².